The van der Waals surface area contributed by atoms with Gasteiger partial charge < -0.3 is 14.8 Å². The number of methoxy groups -OCH3 is 1. The van der Waals surface area contributed by atoms with Crippen LogP contribution in [0.1, 0.15) is 26.5 Å². The predicted octanol–water partition coefficient (Wildman–Crippen LogP) is 3.44. The molecule has 0 aliphatic heterocycles. The Morgan fingerprint density at radius 3 is 2.69 bits per heavy atom. The fourth-order valence-electron chi connectivity index (χ4n) is 2.86. The fraction of sp³-hybridized carbons (Fsp3) is 0.364. The molecule has 1 amide bonds. The lowest BCUT2D eigenvalue weighted by atomic mass is 9.89. The molecule has 13 heteroatoms. The maximum absolute atomic E-state index is 14.8. The summed E-state index contributed by atoms with van der Waals surface area (Å²) in [5.74, 6) is -1.06. The summed E-state index contributed by atoms with van der Waals surface area (Å²) in [5, 5.41) is 4.29. The molecule has 0 spiro atoms. The van der Waals surface area contributed by atoms with E-state index in [-0.39, 0.29) is 23.2 Å². The average Bonchev–Trinajstić information content (AvgIpc) is 3.28. The average molecular weight is 524 g/mol. The standard InChI is InChI=1S/C22H26FN5O5S2/c1-5-33-19-12-24-11-17(25-19)14-6-7-16(15(23)10-14)26-20(29)22(2,3)18-13-34-21(27-18)28-35(30,31)9-8-32-4/h6-7,10-13H,5,8-9H2,1-4H3,(H,26,29)(H,27,28). The van der Waals surface area contributed by atoms with Crippen molar-refractivity contribution < 1.29 is 27.1 Å². The number of rotatable bonds is 11. The number of halogens is 1. The van der Waals surface area contributed by atoms with E-state index < -0.39 is 27.2 Å². The van der Waals surface area contributed by atoms with E-state index in [0.717, 1.165) is 11.3 Å². The number of sulfonamides is 1. The first-order chi connectivity index (χ1) is 16.6. The molecule has 0 saturated carbocycles. The number of amides is 1. The van der Waals surface area contributed by atoms with Crippen LogP contribution in [0.25, 0.3) is 11.3 Å². The Balaban J connectivity index is 1.73. The van der Waals surface area contributed by atoms with Gasteiger partial charge >= 0.3 is 0 Å². The Kier molecular flexibility index (Phi) is 8.35. The summed E-state index contributed by atoms with van der Waals surface area (Å²) in [5.41, 5.74) is 0.0467. The van der Waals surface area contributed by atoms with Crippen molar-refractivity contribution in [2.45, 2.75) is 26.2 Å². The number of aromatic nitrogens is 3. The van der Waals surface area contributed by atoms with Crippen LogP contribution in [-0.2, 0) is 25.0 Å². The van der Waals surface area contributed by atoms with Gasteiger partial charge in [0.2, 0.25) is 21.8 Å². The maximum Gasteiger partial charge on any atom is 0.236 e. The number of carbonyl (C=O) groups is 1. The van der Waals surface area contributed by atoms with Gasteiger partial charge in [-0.1, -0.05) is 6.07 Å². The summed E-state index contributed by atoms with van der Waals surface area (Å²) in [7, 11) is -2.23. The number of nitrogens with one attached hydrogen (secondary N) is 2. The third-order valence-electron chi connectivity index (χ3n) is 4.93. The molecule has 0 atom stereocenters. The lowest BCUT2D eigenvalue weighted by Crippen LogP contribution is -2.35. The lowest BCUT2D eigenvalue weighted by molar-refractivity contribution is -0.120. The number of nitrogens with zero attached hydrogens (tertiary/aromatic N) is 3. The Bertz CT molecular complexity index is 1300. The molecule has 0 fully saturated rings. The van der Waals surface area contributed by atoms with Gasteiger partial charge in [-0.05, 0) is 32.9 Å². The van der Waals surface area contributed by atoms with E-state index in [1.54, 1.807) is 25.3 Å². The number of carbonyl (C=O) groups excluding carboxylic acids is 1. The van der Waals surface area contributed by atoms with Gasteiger partial charge in [-0.15, -0.1) is 11.3 Å². The largest absolute Gasteiger partial charge is 0.477 e. The number of benzene rings is 1. The first-order valence-corrected chi connectivity index (χ1v) is 13.1. The molecule has 0 bridgehead atoms. The molecule has 188 valence electrons. The summed E-state index contributed by atoms with van der Waals surface area (Å²) in [6.45, 7) is 5.51. The monoisotopic (exact) mass is 523 g/mol. The minimum absolute atomic E-state index is 0.0172. The molecule has 10 nitrogen and oxygen atoms in total. The van der Waals surface area contributed by atoms with Crippen molar-refractivity contribution >= 4 is 38.1 Å². The maximum atomic E-state index is 14.8. The van der Waals surface area contributed by atoms with Gasteiger partial charge in [-0.25, -0.2) is 22.8 Å². The zero-order valence-electron chi connectivity index (χ0n) is 19.7. The van der Waals surface area contributed by atoms with Gasteiger partial charge in [-0.3, -0.25) is 14.5 Å². The number of anilines is 2. The van der Waals surface area contributed by atoms with Crippen LogP contribution in [0.4, 0.5) is 15.2 Å². The normalized spacial score (nSPS) is 11.8. The zero-order valence-corrected chi connectivity index (χ0v) is 21.3. The third kappa shape index (κ3) is 6.71. The van der Waals surface area contributed by atoms with Crippen molar-refractivity contribution in [3.8, 4) is 17.1 Å². The second-order valence-electron chi connectivity index (χ2n) is 7.90. The van der Waals surface area contributed by atoms with Crippen LogP contribution in [0.15, 0.2) is 36.0 Å². The SMILES string of the molecule is CCOc1cncc(-c2ccc(NC(=O)C(C)(C)c3csc(NS(=O)(=O)CCOC)n3)c(F)c2)n1. The smallest absolute Gasteiger partial charge is 0.236 e. The van der Waals surface area contributed by atoms with E-state index in [9.17, 15) is 17.6 Å². The molecular formula is C22H26FN5O5S2. The van der Waals surface area contributed by atoms with Crippen LogP contribution < -0.4 is 14.8 Å². The van der Waals surface area contributed by atoms with Crippen molar-refractivity contribution in [3.05, 3.63) is 47.5 Å². The van der Waals surface area contributed by atoms with Gasteiger partial charge in [0.15, 0.2) is 5.13 Å². The van der Waals surface area contributed by atoms with Gasteiger partial charge in [0.05, 0.1) is 53.9 Å². The molecule has 1 aromatic carbocycles. The van der Waals surface area contributed by atoms with Gasteiger partial charge in [-0.2, -0.15) is 0 Å². The highest BCUT2D eigenvalue weighted by molar-refractivity contribution is 7.92. The molecule has 2 heterocycles. The van der Waals surface area contributed by atoms with E-state index in [1.807, 2.05) is 6.92 Å². The van der Waals surface area contributed by atoms with Crippen molar-refractivity contribution in [1.82, 2.24) is 15.0 Å². The zero-order chi connectivity index (χ0) is 25.6. The second-order valence-corrected chi connectivity index (χ2v) is 10.6. The first-order valence-electron chi connectivity index (χ1n) is 10.6. The van der Waals surface area contributed by atoms with Crippen LogP contribution in [0.3, 0.4) is 0 Å². The Morgan fingerprint density at radius 2 is 2.00 bits per heavy atom. The second kappa shape index (κ2) is 11.1. The van der Waals surface area contributed by atoms with Gasteiger partial charge in [0, 0.05) is 18.1 Å². The van der Waals surface area contributed by atoms with E-state index >= 15 is 0 Å². The topological polar surface area (TPSA) is 132 Å². The highest BCUT2D eigenvalue weighted by Gasteiger charge is 2.33. The van der Waals surface area contributed by atoms with Crippen LogP contribution in [0.5, 0.6) is 5.88 Å². The molecule has 2 aromatic heterocycles. The summed E-state index contributed by atoms with van der Waals surface area (Å²) < 4.78 is 51.4. The lowest BCUT2D eigenvalue weighted by Gasteiger charge is -2.22. The highest BCUT2D eigenvalue weighted by atomic mass is 32.2. The molecule has 2 N–H and O–H groups in total. The van der Waals surface area contributed by atoms with Crippen LogP contribution in [-0.4, -0.2) is 55.4 Å². The molecule has 0 aliphatic rings. The van der Waals surface area contributed by atoms with Crippen LogP contribution >= 0.6 is 11.3 Å². The molecule has 3 rings (SSSR count). The summed E-state index contributed by atoms with van der Waals surface area (Å²) in [6.07, 6.45) is 2.95. The first kappa shape index (κ1) is 26.4. The quantitative estimate of drug-likeness (QED) is 0.391. The molecule has 0 radical (unpaired) electrons. The summed E-state index contributed by atoms with van der Waals surface area (Å²) in [6, 6.07) is 4.29. The fourth-order valence-corrected chi connectivity index (χ4v) is 4.95. The summed E-state index contributed by atoms with van der Waals surface area (Å²) in [4.78, 5) is 25.6. The highest BCUT2D eigenvalue weighted by Crippen LogP contribution is 2.30. The molecule has 0 saturated heterocycles. The summed E-state index contributed by atoms with van der Waals surface area (Å²) >= 11 is 1.05. The van der Waals surface area contributed by atoms with E-state index in [4.69, 9.17) is 9.47 Å². The van der Waals surface area contributed by atoms with E-state index in [0.29, 0.717) is 29.4 Å². The van der Waals surface area contributed by atoms with Crippen LogP contribution in [0, 0.1) is 5.82 Å². The van der Waals surface area contributed by atoms with E-state index in [1.165, 1.54) is 31.6 Å². The van der Waals surface area contributed by atoms with Crippen molar-refractivity contribution in [2.75, 3.05) is 36.1 Å². The number of hydrogen-bond acceptors (Lipinski definition) is 9. The van der Waals surface area contributed by atoms with Crippen molar-refractivity contribution in [2.24, 2.45) is 0 Å². The molecule has 35 heavy (non-hydrogen) atoms. The van der Waals surface area contributed by atoms with Crippen molar-refractivity contribution in [1.29, 1.82) is 0 Å². The number of hydrogen-bond donors (Lipinski definition) is 2. The third-order valence-corrected chi connectivity index (χ3v) is 7.02. The van der Waals surface area contributed by atoms with Gasteiger partial charge in [0.25, 0.3) is 0 Å². The Hall–Kier alpha value is -3.16. The minimum Gasteiger partial charge on any atom is -0.477 e. The van der Waals surface area contributed by atoms with Crippen LogP contribution in [0.2, 0.25) is 0 Å². The van der Waals surface area contributed by atoms with Gasteiger partial charge in [0.1, 0.15) is 5.82 Å². The Labute approximate surface area is 207 Å². The molecular weight excluding hydrogens is 497 g/mol. The predicted molar refractivity (Wildman–Crippen MR) is 132 cm³/mol. The molecule has 0 unspecified atom stereocenters. The van der Waals surface area contributed by atoms with Crippen molar-refractivity contribution in [3.63, 3.8) is 0 Å². The number of thiazole rings is 1. The molecule has 3 aromatic rings. The minimum atomic E-state index is -3.63. The van der Waals surface area contributed by atoms with E-state index in [2.05, 4.69) is 25.0 Å². The molecule has 0 aliphatic carbocycles. The number of ether oxygens (including phenoxy) is 2. The Morgan fingerprint density at radius 1 is 1.23 bits per heavy atom.